The Morgan fingerprint density at radius 2 is 1.88 bits per heavy atom. The van der Waals surface area contributed by atoms with Crippen molar-refractivity contribution in [3.63, 3.8) is 0 Å². The van der Waals surface area contributed by atoms with Gasteiger partial charge in [0.15, 0.2) is 0 Å². The first-order valence-electron chi connectivity index (χ1n) is 7.28. The summed E-state index contributed by atoms with van der Waals surface area (Å²) < 4.78 is 0. The van der Waals surface area contributed by atoms with Crippen LogP contribution in [0, 0.1) is 11.8 Å². The summed E-state index contributed by atoms with van der Waals surface area (Å²) in [7, 11) is 0. The number of likely N-dealkylation sites (tertiary alicyclic amines) is 2. The maximum atomic E-state index is 9.63. The molecule has 0 saturated carbocycles. The first kappa shape index (κ1) is 13.3. The molecule has 0 aromatic carbocycles. The fourth-order valence-corrected chi connectivity index (χ4v) is 3.32. The highest BCUT2D eigenvalue weighted by Crippen LogP contribution is 2.27. The van der Waals surface area contributed by atoms with Crippen molar-refractivity contribution in [2.75, 3.05) is 39.3 Å². The SMILES string of the molecule is CC(C)N1CCC(C(CO)CN2CCCC2)C1. The third kappa shape index (κ3) is 3.43. The second-order valence-electron chi connectivity index (χ2n) is 6.09. The second-order valence-corrected chi connectivity index (χ2v) is 6.09. The Labute approximate surface area is 106 Å². The lowest BCUT2D eigenvalue weighted by molar-refractivity contribution is 0.130. The minimum atomic E-state index is 0.368. The van der Waals surface area contributed by atoms with E-state index in [0.717, 1.165) is 6.54 Å². The van der Waals surface area contributed by atoms with Crippen LogP contribution < -0.4 is 0 Å². The van der Waals surface area contributed by atoms with Gasteiger partial charge in [0.25, 0.3) is 0 Å². The van der Waals surface area contributed by atoms with E-state index in [2.05, 4.69) is 23.6 Å². The molecule has 2 heterocycles. The zero-order valence-corrected chi connectivity index (χ0v) is 11.4. The standard InChI is InChI=1S/C14H28N2O/c1-12(2)16-8-5-13(10-16)14(11-17)9-15-6-3-4-7-15/h12-14,17H,3-11H2,1-2H3. The van der Waals surface area contributed by atoms with Crippen molar-refractivity contribution >= 4 is 0 Å². The predicted octanol–water partition coefficient (Wildman–Crippen LogP) is 1.42. The Bertz CT molecular complexity index is 226. The Morgan fingerprint density at radius 1 is 1.18 bits per heavy atom. The van der Waals surface area contributed by atoms with Crippen molar-refractivity contribution in [2.45, 2.75) is 39.2 Å². The van der Waals surface area contributed by atoms with E-state index < -0.39 is 0 Å². The lowest BCUT2D eigenvalue weighted by atomic mass is 9.91. The van der Waals surface area contributed by atoms with E-state index in [4.69, 9.17) is 0 Å². The highest BCUT2D eigenvalue weighted by atomic mass is 16.3. The van der Waals surface area contributed by atoms with Crippen LogP contribution in [0.3, 0.4) is 0 Å². The molecule has 0 aromatic heterocycles. The van der Waals surface area contributed by atoms with Gasteiger partial charge in [-0.1, -0.05) is 0 Å². The summed E-state index contributed by atoms with van der Waals surface area (Å²) in [6.07, 6.45) is 3.97. The van der Waals surface area contributed by atoms with Crippen LogP contribution in [0.1, 0.15) is 33.1 Å². The van der Waals surface area contributed by atoms with Crippen LogP contribution in [0.25, 0.3) is 0 Å². The summed E-state index contributed by atoms with van der Waals surface area (Å²) >= 11 is 0. The highest BCUT2D eigenvalue weighted by Gasteiger charge is 2.31. The van der Waals surface area contributed by atoms with Gasteiger partial charge in [-0.2, -0.15) is 0 Å². The van der Waals surface area contributed by atoms with E-state index in [9.17, 15) is 5.11 Å². The molecule has 2 fully saturated rings. The van der Waals surface area contributed by atoms with Crippen LogP contribution in [0.5, 0.6) is 0 Å². The van der Waals surface area contributed by atoms with Crippen LogP contribution in [-0.4, -0.2) is 60.3 Å². The molecule has 0 aromatic rings. The van der Waals surface area contributed by atoms with Crippen LogP contribution in [0.2, 0.25) is 0 Å². The molecule has 17 heavy (non-hydrogen) atoms. The predicted molar refractivity (Wildman–Crippen MR) is 71.1 cm³/mol. The lowest BCUT2D eigenvalue weighted by Crippen LogP contribution is -2.35. The minimum absolute atomic E-state index is 0.368. The third-order valence-electron chi connectivity index (χ3n) is 4.58. The van der Waals surface area contributed by atoms with Gasteiger partial charge < -0.3 is 14.9 Å². The molecule has 1 N–H and O–H groups in total. The minimum Gasteiger partial charge on any atom is -0.396 e. The van der Waals surface area contributed by atoms with E-state index in [-0.39, 0.29) is 0 Å². The van der Waals surface area contributed by atoms with Gasteiger partial charge in [-0.25, -0.2) is 0 Å². The molecule has 2 atom stereocenters. The maximum absolute atomic E-state index is 9.63. The van der Waals surface area contributed by atoms with Crippen LogP contribution in [-0.2, 0) is 0 Å². The molecule has 2 aliphatic heterocycles. The first-order valence-corrected chi connectivity index (χ1v) is 7.28. The van der Waals surface area contributed by atoms with Crippen LogP contribution >= 0.6 is 0 Å². The largest absolute Gasteiger partial charge is 0.396 e. The van der Waals surface area contributed by atoms with Gasteiger partial charge >= 0.3 is 0 Å². The third-order valence-corrected chi connectivity index (χ3v) is 4.58. The number of aliphatic hydroxyl groups excluding tert-OH is 1. The van der Waals surface area contributed by atoms with E-state index in [0.29, 0.717) is 24.5 Å². The molecule has 0 amide bonds. The molecule has 100 valence electrons. The van der Waals surface area contributed by atoms with Crippen LogP contribution in [0.4, 0.5) is 0 Å². The second kappa shape index (κ2) is 6.17. The molecule has 3 nitrogen and oxygen atoms in total. The number of hydrogen-bond donors (Lipinski definition) is 1. The fraction of sp³-hybridized carbons (Fsp3) is 1.00. The van der Waals surface area contributed by atoms with Gasteiger partial charge in [-0.3, -0.25) is 0 Å². The quantitative estimate of drug-likeness (QED) is 0.787. The van der Waals surface area contributed by atoms with Gasteiger partial charge in [-0.15, -0.1) is 0 Å². The topological polar surface area (TPSA) is 26.7 Å². The molecular formula is C14H28N2O. The number of nitrogens with zero attached hydrogens (tertiary/aromatic N) is 2. The number of hydrogen-bond acceptors (Lipinski definition) is 3. The normalized spacial score (nSPS) is 29.3. The molecule has 0 aliphatic carbocycles. The Kier molecular flexibility index (Phi) is 4.83. The smallest absolute Gasteiger partial charge is 0.0474 e. The maximum Gasteiger partial charge on any atom is 0.0474 e. The fourth-order valence-electron chi connectivity index (χ4n) is 3.32. The zero-order chi connectivity index (χ0) is 12.3. The summed E-state index contributed by atoms with van der Waals surface area (Å²) in [5, 5.41) is 9.63. The van der Waals surface area contributed by atoms with Crippen molar-refractivity contribution in [1.82, 2.24) is 9.80 Å². The summed E-state index contributed by atoms with van der Waals surface area (Å²) in [4.78, 5) is 5.09. The average molecular weight is 240 g/mol. The Hall–Kier alpha value is -0.120. The van der Waals surface area contributed by atoms with Gasteiger partial charge in [0.05, 0.1) is 0 Å². The van der Waals surface area contributed by atoms with E-state index in [1.165, 1.54) is 45.4 Å². The molecule has 2 saturated heterocycles. The summed E-state index contributed by atoms with van der Waals surface area (Å²) in [5.41, 5.74) is 0. The molecule has 2 unspecified atom stereocenters. The molecule has 0 radical (unpaired) electrons. The summed E-state index contributed by atoms with van der Waals surface area (Å²) in [6.45, 7) is 10.9. The molecule has 0 spiro atoms. The van der Waals surface area contributed by atoms with Gasteiger partial charge in [-0.05, 0) is 64.6 Å². The first-order chi connectivity index (χ1) is 8.20. The molecule has 0 bridgehead atoms. The molecule has 2 rings (SSSR count). The van der Waals surface area contributed by atoms with Crippen molar-refractivity contribution in [3.8, 4) is 0 Å². The van der Waals surface area contributed by atoms with Crippen molar-refractivity contribution in [1.29, 1.82) is 0 Å². The molecular weight excluding hydrogens is 212 g/mol. The lowest BCUT2D eigenvalue weighted by Gasteiger charge is -2.27. The highest BCUT2D eigenvalue weighted by molar-refractivity contribution is 4.84. The summed E-state index contributed by atoms with van der Waals surface area (Å²) in [5.74, 6) is 1.21. The van der Waals surface area contributed by atoms with Gasteiger partial charge in [0, 0.05) is 25.7 Å². The van der Waals surface area contributed by atoms with E-state index in [1.807, 2.05) is 0 Å². The van der Waals surface area contributed by atoms with Crippen molar-refractivity contribution < 1.29 is 5.11 Å². The van der Waals surface area contributed by atoms with E-state index >= 15 is 0 Å². The zero-order valence-electron chi connectivity index (χ0n) is 11.4. The van der Waals surface area contributed by atoms with Gasteiger partial charge in [0.1, 0.15) is 0 Å². The average Bonchev–Trinajstić information content (AvgIpc) is 2.96. The summed E-state index contributed by atoms with van der Waals surface area (Å²) in [6, 6.07) is 0.658. The molecule has 2 aliphatic rings. The Balaban J connectivity index is 1.81. The number of aliphatic hydroxyl groups is 1. The van der Waals surface area contributed by atoms with Crippen molar-refractivity contribution in [3.05, 3.63) is 0 Å². The van der Waals surface area contributed by atoms with E-state index in [1.54, 1.807) is 0 Å². The van der Waals surface area contributed by atoms with Crippen molar-refractivity contribution in [2.24, 2.45) is 11.8 Å². The van der Waals surface area contributed by atoms with Gasteiger partial charge in [0.2, 0.25) is 0 Å². The molecule has 3 heteroatoms. The monoisotopic (exact) mass is 240 g/mol. The van der Waals surface area contributed by atoms with Crippen LogP contribution in [0.15, 0.2) is 0 Å². The Morgan fingerprint density at radius 3 is 2.41 bits per heavy atom. The number of rotatable bonds is 5.